The van der Waals surface area contributed by atoms with Crippen LogP contribution in [0.15, 0.2) is 65.6 Å². The lowest BCUT2D eigenvalue weighted by molar-refractivity contribution is 0.483. The Kier molecular flexibility index (Phi) is 5.92. The molecule has 1 atom stereocenters. The summed E-state index contributed by atoms with van der Waals surface area (Å²) in [5, 5.41) is 6.38. The smallest absolute Gasteiger partial charge is 0.137 e. The highest BCUT2D eigenvalue weighted by Gasteiger charge is 2.27. The zero-order valence-corrected chi connectivity index (χ0v) is 19.1. The Bertz CT molecular complexity index is 1220. The Morgan fingerprint density at radius 3 is 2.81 bits per heavy atom. The van der Waals surface area contributed by atoms with Gasteiger partial charge in [-0.2, -0.15) is 0 Å². The molecule has 0 saturated carbocycles. The summed E-state index contributed by atoms with van der Waals surface area (Å²) in [5.41, 5.74) is 5.01. The van der Waals surface area contributed by atoms with E-state index in [-0.39, 0.29) is 6.04 Å². The number of hydrogen-bond donors (Lipinski definition) is 1. The first kappa shape index (κ1) is 20.7. The van der Waals surface area contributed by atoms with Crippen LogP contribution in [-0.4, -0.2) is 21.5 Å². The lowest BCUT2D eigenvalue weighted by atomic mass is 10.00. The summed E-state index contributed by atoms with van der Waals surface area (Å²) in [5.74, 6) is 3.20. The summed E-state index contributed by atoms with van der Waals surface area (Å²) in [6.07, 6.45) is 2.87. The lowest BCUT2D eigenvalue weighted by Gasteiger charge is -2.35. The van der Waals surface area contributed by atoms with Gasteiger partial charge in [0.25, 0.3) is 0 Å². The van der Waals surface area contributed by atoms with Crippen molar-refractivity contribution in [1.29, 1.82) is 0 Å². The molecule has 0 amide bonds. The van der Waals surface area contributed by atoms with Crippen molar-refractivity contribution in [2.75, 3.05) is 16.8 Å². The fourth-order valence-corrected chi connectivity index (χ4v) is 4.57. The largest absolute Gasteiger partial charge is 0.457 e. The maximum Gasteiger partial charge on any atom is 0.137 e. The van der Waals surface area contributed by atoms with Crippen LogP contribution in [0.4, 0.5) is 11.5 Å². The van der Waals surface area contributed by atoms with E-state index in [0.29, 0.717) is 10.8 Å². The van der Waals surface area contributed by atoms with Gasteiger partial charge in [0, 0.05) is 40.5 Å². The van der Waals surface area contributed by atoms with Crippen LogP contribution in [-0.2, 0) is 6.54 Å². The molecule has 162 valence electrons. The quantitative estimate of drug-likeness (QED) is 0.364. The van der Waals surface area contributed by atoms with Crippen LogP contribution in [0.25, 0.3) is 0 Å². The molecule has 5 rings (SSSR count). The molecule has 0 saturated heterocycles. The molecule has 1 aliphatic heterocycles. The highest BCUT2D eigenvalue weighted by molar-refractivity contribution is 7.07. The first-order valence-electron chi connectivity index (χ1n) is 10.4. The van der Waals surface area contributed by atoms with E-state index >= 15 is 0 Å². The second-order valence-corrected chi connectivity index (χ2v) is 8.83. The van der Waals surface area contributed by atoms with E-state index in [1.165, 1.54) is 0 Å². The summed E-state index contributed by atoms with van der Waals surface area (Å²) in [6.45, 7) is 3.56. The fourth-order valence-electron chi connectivity index (χ4n) is 3.84. The van der Waals surface area contributed by atoms with E-state index in [9.17, 15) is 0 Å². The molecule has 0 radical (unpaired) electrons. The van der Waals surface area contributed by atoms with Crippen LogP contribution in [0.1, 0.15) is 29.5 Å². The van der Waals surface area contributed by atoms with E-state index in [2.05, 4.69) is 25.6 Å². The van der Waals surface area contributed by atoms with Crippen molar-refractivity contribution in [3.05, 3.63) is 87.7 Å². The Morgan fingerprint density at radius 1 is 1.16 bits per heavy atom. The van der Waals surface area contributed by atoms with Gasteiger partial charge in [-0.05, 0) is 43.7 Å². The number of ether oxygens (including phenoxy) is 1. The average molecular weight is 464 g/mol. The second-order valence-electron chi connectivity index (χ2n) is 7.67. The predicted molar refractivity (Wildman–Crippen MR) is 129 cm³/mol. The molecule has 0 spiro atoms. The van der Waals surface area contributed by atoms with Crippen molar-refractivity contribution in [2.24, 2.45) is 0 Å². The van der Waals surface area contributed by atoms with Crippen molar-refractivity contribution in [3.63, 3.8) is 0 Å². The van der Waals surface area contributed by atoms with Crippen LogP contribution in [0.2, 0.25) is 5.02 Å². The van der Waals surface area contributed by atoms with Crippen LogP contribution in [0.5, 0.6) is 11.5 Å². The van der Waals surface area contributed by atoms with Gasteiger partial charge in [0.15, 0.2) is 0 Å². The van der Waals surface area contributed by atoms with E-state index in [4.69, 9.17) is 21.3 Å². The normalized spacial score (nSPS) is 15.3. The Hall–Kier alpha value is -3.16. The summed E-state index contributed by atoms with van der Waals surface area (Å²) < 4.78 is 5.99. The van der Waals surface area contributed by atoms with Gasteiger partial charge in [-0.15, -0.1) is 11.3 Å². The van der Waals surface area contributed by atoms with Crippen LogP contribution in [0.3, 0.4) is 0 Å². The predicted octanol–water partition coefficient (Wildman–Crippen LogP) is 6.25. The summed E-state index contributed by atoms with van der Waals surface area (Å²) in [7, 11) is 0. The molecule has 32 heavy (non-hydrogen) atoms. The molecule has 2 aromatic carbocycles. The Morgan fingerprint density at radius 2 is 2.00 bits per heavy atom. The molecule has 1 N–H and O–H groups in total. The molecule has 6 nitrogen and oxygen atoms in total. The number of halogens is 1. The second kappa shape index (κ2) is 9.14. The van der Waals surface area contributed by atoms with E-state index < -0.39 is 0 Å². The third kappa shape index (κ3) is 4.69. The van der Waals surface area contributed by atoms with Crippen molar-refractivity contribution in [1.82, 2.24) is 15.0 Å². The van der Waals surface area contributed by atoms with E-state index in [0.717, 1.165) is 53.8 Å². The highest BCUT2D eigenvalue weighted by Crippen LogP contribution is 2.36. The zero-order chi connectivity index (χ0) is 21.9. The number of rotatable bonds is 6. The number of benzene rings is 2. The van der Waals surface area contributed by atoms with Crippen LogP contribution >= 0.6 is 22.9 Å². The third-order valence-corrected chi connectivity index (χ3v) is 6.19. The molecule has 4 aromatic rings. The van der Waals surface area contributed by atoms with Gasteiger partial charge in [-0.25, -0.2) is 15.0 Å². The number of nitrogens with zero attached hydrogens (tertiary/aromatic N) is 4. The standard InChI is InChI=1S/C24H22ClN5OS/c1-16-26-12-22-23(8-9-30(24(22)28-16)13-19-14-32-15-27-19)29-18-5-3-7-21(11-18)31-20-6-2-4-17(25)10-20/h2-7,10-12,14-15,23,29H,8-9,13H2,1H3. The molecule has 3 heterocycles. The number of hydrogen-bond acceptors (Lipinski definition) is 7. The molecule has 0 aliphatic carbocycles. The topological polar surface area (TPSA) is 63.2 Å². The SMILES string of the molecule is Cc1ncc2c(n1)N(Cc1cscn1)CCC2Nc1cccc(Oc2cccc(Cl)c2)c1. The zero-order valence-electron chi connectivity index (χ0n) is 17.5. The number of anilines is 2. The lowest BCUT2D eigenvalue weighted by Crippen LogP contribution is -2.34. The minimum absolute atomic E-state index is 0.110. The van der Waals surface area contributed by atoms with Gasteiger partial charge in [0.05, 0.1) is 23.8 Å². The number of nitrogens with one attached hydrogen (secondary N) is 1. The molecule has 8 heteroatoms. The minimum Gasteiger partial charge on any atom is -0.457 e. The molecular weight excluding hydrogens is 442 g/mol. The highest BCUT2D eigenvalue weighted by atomic mass is 35.5. The van der Waals surface area contributed by atoms with Gasteiger partial charge < -0.3 is 15.0 Å². The maximum absolute atomic E-state index is 6.07. The third-order valence-electron chi connectivity index (χ3n) is 5.32. The van der Waals surface area contributed by atoms with Crippen molar-refractivity contribution in [3.8, 4) is 11.5 Å². The number of fused-ring (bicyclic) bond motifs is 1. The molecule has 1 aliphatic rings. The molecule has 0 fully saturated rings. The summed E-state index contributed by atoms with van der Waals surface area (Å²) >= 11 is 7.69. The summed E-state index contributed by atoms with van der Waals surface area (Å²) in [4.78, 5) is 16.0. The molecular formula is C24H22ClN5OS. The first-order valence-corrected chi connectivity index (χ1v) is 11.7. The van der Waals surface area contributed by atoms with Gasteiger partial charge in [-0.1, -0.05) is 23.7 Å². The van der Waals surface area contributed by atoms with Gasteiger partial charge >= 0.3 is 0 Å². The summed E-state index contributed by atoms with van der Waals surface area (Å²) in [6, 6.07) is 15.5. The minimum atomic E-state index is 0.110. The Labute approximate surface area is 195 Å². The number of aromatic nitrogens is 3. The molecule has 2 aromatic heterocycles. The fraction of sp³-hybridized carbons (Fsp3) is 0.208. The molecule has 0 bridgehead atoms. The number of aryl methyl sites for hydroxylation is 1. The monoisotopic (exact) mass is 463 g/mol. The van der Waals surface area contributed by atoms with Crippen LogP contribution < -0.4 is 15.0 Å². The first-order chi connectivity index (χ1) is 15.6. The van der Waals surface area contributed by atoms with Gasteiger partial charge in [0.1, 0.15) is 23.1 Å². The van der Waals surface area contributed by atoms with Crippen LogP contribution in [0, 0.1) is 6.92 Å². The van der Waals surface area contributed by atoms with Crippen molar-refractivity contribution in [2.45, 2.75) is 25.9 Å². The maximum atomic E-state index is 6.07. The van der Waals surface area contributed by atoms with Gasteiger partial charge in [0.2, 0.25) is 0 Å². The van der Waals surface area contributed by atoms with Crippen molar-refractivity contribution >= 4 is 34.4 Å². The Balaban J connectivity index is 1.36. The van der Waals surface area contributed by atoms with E-state index in [1.807, 2.05) is 61.1 Å². The van der Waals surface area contributed by atoms with E-state index in [1.54, 1.807) is 17.4 Å². The van der Waals surface area contributed by atoms with Gasteiger partial charge in [-0.3, -0.25) is 0 Å². The molecule has 1 unspecified atom stereocenters. The average Bonchev–Trinajstić information content (AvgIpc) is 3.29. The number of thiazole rings is 1. The van der Waals surface area contributed by atoms with Crippen molar-refractivity contribution < 1.29 is 4.74 Å².